The summed E-state index contributed by atoms with van der Waals surface area (Å²) in [4.78, 5) is 37.9. The van der Waals surface area contributed by atoms with Gasteiger partial charge in [0.2, 0.25) is 0 Å². The Morgan fingerprint density at radius 3 is 2.62 bits per heavy atom. The Bertz CT molecular complexity index is 716. The quantitative estimate of drug-likeness (QED) is 0.729. The van der Waals surface area contributed by atoms with Crippen molar-refractivity contribution in [3.63, 3.8) is 0 Å². The maximum absolute atomic E-state index is 11.9. The number of esters is 1. The molecule has 1 rings (SSSR count). The highest BCUT2D eigenvalue weighted by atomic mass is 16.5. The first-order valence-electron chi connectivity index (χ1n) is 7.91. The van der Waals surface area contributed by atoms with Crippen molar-refractivity contribution >= 4 is 11.9 Å². The lowest BCUT2D eigenvalue weighted by Gasteiger charge is -2.14. The average Bonchev–Trinajstić information content (AvgIpc) is 2.52. The molecular weight excluding hydrogens is 310 g/mol. The van der Waals surface area contributed by atoms with Crippen molar-refractivity contribution in [1.82, 2.24) is 10.3 Å². The molecular formula is C17H23N3O4. The number of nitriles is 1. The lowest BCUT2D eigenvalue weighted by atomic mass is 9.99. The van der Waals surface area contributed by atoms with E-state index in [1.165, 1.54) is 6.92 Å². The van der Waals surface area contributed by atoms with Crippen molar-refractivity contribution in [2.24, 2.45) is 0 Å². The number of aryl methyl sites for hydroxylation is 1. The van der Waals surface area contributed by atoms with Gasteiger partial charge in [0.1, 0.15) is 11.6 Å². The summed E-state index contributed by atoms with van der Waals surface area (Å²) in [5.74, 6) is -0.828. The van der Waals surface area contributed by atoms with E-state index < -0.39 is 17.6 Å². The molecule has 0 aliphatic heterocycles. The van der Waals surface area contributed by atoms with Crippen molar-refractivity contribution in [3.8, 4) is 6.07 Å². The number of pyridine rings is 1. The van der Waals surface area contributed by atoms with E-state index in [2.05, 4.69) is 10.3 Å². The van der Waals surface area contributed by atoms with Gasteiger partial charge in [-0.15, -0.1) is 0 Å². The number of carbonyl (C=O) groups excluding carboxylic acids is 2. The molecule has 130 valence electrons. The number of hydrogen-bond donors (Lipinski definition) is 2. The lowest BCUT2D eigenvalue weighted by Crippen LogP contribution is -2.36. The first kappa shape index (κ1) is 19.4. The van der Waals surface area contributed by atoms with Gasteiger partial charge in [-0.05, 0) is 44.7 Å². The van der Waals surface area contributed by atoms with E-state index in [9.17, 15) is 14.4 Å². The fourth-order valence-corrected chi connectivity index (χ4v) is 2.35. The van der Waals surface area contributed by atoms with Crippen LogP contribution in [-0.4, -0.2) is 29.5 Å². The van der Waals surface area contributed by atoms with E-state index in [4.69, 9.17) is 10.00 Å². The van der Waals surface area contributed by atoms with Crippen LogP contribution in [0.3, 0.4) is 0 Å². The number of carbonyl (C=O) groups is 2. The van der Waals surface area contributed by atoms with Crippen LogP contribution in [0.25, 0.3) is 0 Å². The molecule has 1 amide bonds. The second-order valence-corrected chi connectivity index (χ2v) is 5.59. The van der Waals surface area contributed by atoms with Crippen LogP contribution in [0.4, 0.5) is 0 Å². The van der Waals surface area contributed by atoms with E-state index in [0.29, 0.717) is 24.2 Å². The van der Waals surface area contributed by atoms with Crippen LogP contribution in [0.5, 0.6) is 0 Å². The SMILES string of the molecule is CCCNC(=O)[C@H](C)OC(=O)CCc1c(C)[nH]c(=O)c(C#N)c1C. The molecule has 2 N–H and O–H groups in total. The molecule has 0 fully saturated rings. The zero-order valence-corrected chi connectivity index (χ0v) is 14.5. The molecule has 0 unspecified atom stereocenters. The van der Waals surface area contributed by atoms with Crippen molar-refractivity contribution in [2.45, 2.75) is 53.1 Å². The number of aromatic amines is 1. The van der Waals surface area contributed by atoms with Crippen LogP contribution in [0.1, 0.15) is 49.1 Å². The van der Waals surface area contributed by atoms with Crippen LogP contribution in [0.2, 0.25) is 0 Å². The Morgan fingerprint density at radius 1 is 1.38 bits per heavy atom. The Kier molecular flexibility index (Phi) is 7.18. The van der Waals surface area contributed by atoms with Gasteiger partial charge in [-0.2, -0.15) is 5.26 Å². The van der Waals surface area contributed by atoms with E-state index in [-0.39, 0.29) is 17.9 Å². The van der Waals surface area contributed by atoms with Gasteiger partial charge in [0.05, 0.1) is 0 Å². The molecule has 1 atom stereocenters. The molecule has 24 heavy (non-hydrogen) atoms. The van der Waals surface area contributed by atoms with Crippen LogP contribution in [-0.2, 0) is 20.7 Å². The molecule has 0 aliphatic carbocycles. The lowest BCUT2D eigenvalue weighted by molar-refractivity contribution is -0.154. The standard InChI is InChI=1S/C17H23N3O4/c1-5-8-19-16(22)12(4)24-15(21)7-6-13-10(2)14(9-18)17(23)20-11(13)3/h12H,5-8H2,1-4H3,(H,19,22)(H,20,23)/t12-/m0/s1. The number of aromatic nitrogens is 1. The molecule has 0 aliphatic rings. The summed E-state index contributed by atoms with van der Waals surface area (Å²) in [6.07, 6.45) is 0.338. The van der Waals surface area contributed by atoms with Crippen LogP contribution >= 0.6 is 0 Å². The number of H-pyrrole nitrogens is 1. The van der Waals surface area contributed by atoms with Gasteiger partial charge < -0.3 is 15.0 Å². The van der Waals surface area contributed by atoms with Gasteiger partial charge in [0.15, 0.2) is 6.10 Å². The highest BCUT2D eigenvalue weighted by Crippen LogP contribution is 2.15. The van der Waals surface area contributed by atoms with Crippen LogP contribution in [0.15, 0.2) is 4.79 Å². The summed E-state index contributed by atoms with van der Waals surface area (Å²) >= 11 is 0. The Hall–Kier alpha value is -2.62. The Labute approximate surface area is 141 Å². The maximum Gasteiger partial charge on any atom is 0.306 e. The van der Waals surface area contributed by atoms with E-state index in [1.54, 1.807) is 13.8 Å². The fourth-order valence-electron chi connectivity index (χ4n) is 2.35. The second kappa shape index (κ2) is 8.87. The summed E-state index contributed by atoms with van der Waals surface area (Å²) in [5, 5.41) is 11.7. The van der Waals surface area contributed by atoms with Crippen LogP contribution < -0.4 is 10.9 Å². The van der Waals surface area contributed by atoms with Gasteiger partial charge in [0, 0.05) is 18.7 Å². The average molecular weight is 333 g/mol. The predicted molar refractivity (Wildman–Crippen MR) is 88.4 cm³/mol. The van der Waals surface area contributed by atoms with Gasteiger partial charge in [0.25, 0.3) is 11.5 Å². The summed E-state index contributed by atoms with van der Waals surface area (Å²) in [6.45, 7) is 7.39. The highest BCUT2D eigenvalue weighted by molar-refractivity contribution is 5.83. The zero-order chi connectivity index (χ0) is 18.3. The summed E-state index contributed by atoms with van der Waals surface area (Å²) in [5.41, 5.74) is 1.56. The van der Waals surface area contributed by atoms with E-state index >= 15 is 0 Å². The topological polar surface area (TPSA) is 112 Å². The highest BCUT2D eigenvalue weighted by Gasteiger charge is 2.18. The minimum Gasteiger partial charge on any atom is -0.453 e. The third-order valence-corrected chi connectivity index (χ3v) is 3.73. The molecule has 0 aromatic carbocycles. The molecule has 0 saturated carbocycles. The maximum atomic E-state index is 11.9. The number of rotatable bonds is 7. The summed E-state index contributed by atoms with van der Waals surface area (Å²) in [7, 11) is 0. The van der Waals surface area contributed by atoms with Gasteiger partial charge in [-0.1, -0.05) is 6.92 Å². The normalized spacial score (nSPS) is 11.5. The number of nitrogens with zero attached hydrogens (tertiary/aromatic N) is 1. The Morgan fingerprint density at radius 2 is 2.04 bits per heavy atom. The van der Waals surface area contributed by atoms with Gasteiger partial charge >= 0.3 is 5.97 Å². The molecule has 0 spiro atoms. The molecule has 1 heterocycles. The second-order valence-electron chi connectivity index (χ2n) is 5.59. The number of ether oxygens (including phenoxy) is 1. The largest absolute Gasteiger partial charge is 0.453 e. The van der Waals surface area contributed by atoms with Crippen LogP contribution in [0, 0.1) is 25.2 Å². The zero-order valence-electron chi connectivity index (χ0n) is 14.5. The first-order valence-corrected chi connectivity index (χ1v) is 7.91. The first-order chi connectivity index (χ1) is 11.3. The molecule has 0 saturated heterocycles. The van der Waals surface area contributed by atoms with Crippen molar-refractivity contribution in [1.29, 1.82) is 5.26 Å². The molecule has 1 aromatic rings. The minimum absolute atomic E-state index is 0.0521. The van der Waals surface area contributed by atoms with Gasteiger partial charge in [-0.3, -0.25) is 14.4 Å². The summed E-state index contributed by atoms with van der Waals surface area (Å²) in [6, 6.07) is 1.87. The molecule has 7 nitrogen and oxygen atoms in total. The van der Waals surface area contributed by atoms with Crippen molar-refractivity contribution < 1.29 is 14.3 Å². The monoisotopic (exact) mass is 333 g/mol. The summed E-state index contributed by atoms with van der Waals surface area (Å²) < 4.78 is 5.10. The van der Waals surface area contributed by atoms with Crippen molar-refractivity contribution in [3.05, 3.63) is 32.7 Å². The number of hydrogen-bond acceptors (Lipinski definition) is 5. The molecule has 1 aromatic heterocycles. The minimum atomic E-state index is -0.850. The van der Waals surface area contributed by atoms with Gasteiger partial charge in [-0.25, -0.2) is 0 Å². The molecule has 7 heteroatoms. The van der Waals surface area contributed by atoms with Crippen molar-refractivity contribution in [2.75, 3.05) is 6.54 Å². The fraction of sp³-hybridized carbons (Fsp3) is 0.529. The van der Waals surface area contributed by atoms with E-state index in [0.717, 1.165) is 12.0 Å². The predicted octanol–water partition coefficient (Wildman–Crippen LogP) is 1.25. The smallest absolute Gasteiger partial charge is 0.306 e. The molecule has 0 bridgehead atoms. The number of nitrogens with one attached hydrogen (secondary N) is 2. The van der Waals surface area contributed by atoms with E-state index in [1.807, 2.05) is 13.0 Å². The number of amides is 1. The molecule has 0 radical (unpaired) electrons. The third kappa shape index (κ3) is 4.95. The Balaban J connectivity index is 2.70. The third-order valence-electron chi connectivity index (χ3n) is 3.73.